The van der Waals surface area contributed by atoms with Gasteiger partial charge in [-0.05, 0) is 19.2 Å². The first-order valence-electron chi connectivity index (χ1n) is 5.15. The fourth-order valence-electron chi connectivity index (χ4n) is 1.32. The van der Waals surface area contributed by atoms with E-state index in [1.165, 1.54) is 18.2 Å². The minimum atomic E-state index is -1.16. The summed E-state index contributed by atoms with van der Waals surface area (Å²) in [4.78, 5) is 22.1. The molecule has 1 rings (SSSR count). The van der Waals surface area contributed by atoms with Crippen molar-refractivity contribution in [2.45, 2.75) is 6.61 Å². The minimum absolute atomic E-state index is 0.0358. The van der Waals surface area contributed by atoms with Crippen LogP contribution in [-0.4, -0.2) is 30.6 Å². The van der Waals surface area contributed by atoms with Crippen LogP contribution < -0.4 is 5.32 Å². The first-order chi connectivity index (χ1) is 8.58. The van der Waals surface area contributed by atoms with Gasteiger partial charge in [-0.25, -0.2) is 4.79 Å². The van der Waals surface area contributed by atoms with Crippen LogP contribution in [0.25, 0.3) is 0 Å². The largest absolute Gasteiger partial charge is 0.478 e. The third kappa shape index (κ3) is 3.57. The van der Waals surface area contributed by atoms with Gasteiger partial charge in [-0.15, -0.1) is 0 Å². The Labute approximate surface area is 104 Å². The van der Waals surface area contributed by atoms with E-state index >= 15 is 0 Å². The van der Waals surface area contributed by atoms with Gasteiger partial charge in [0.2, 0.25) is 0 Å². The number of nitrogens with zero attached hydrogens (tertiary/aromatic N) is 1. The van der Waals surface area contributed by atoms with E-state index < -0.39 is 11.9 Å². The summed E-state index contributed by atoms with van der Waals surface area (Å²) < 4.78 is 4.89. The van der Waals surface area contributed by atoms with Crippen LogP contribution >= 0.6 is 0 Å². The van der Waals surface area contributed by atoms with E-state index in [0.717, 1.165) is 0 Å². The first-order valence-corrected chi connectivity index (χ1v) is 5.15. The van der Waals surface area contributed by atoms with Gasteiger partial charge in [-0.3, -0.25) is 4.79 Å². The number of aromatic carboxylic acids is 1. The lowest BCUT2D eigenvalue weighted by Crippen LogP contribution is -2.21. The SMILES string of the molecule is CNCC(=O)OCc1ccc(C#N)cc1C(=O)O. The van der Waals surface area contributed by atoms with Gasteiger partial charge in [0.1, 0.15) is 6.61 Å². The Morgan fingerprint density at radius 1 is 1.50 bits per heavy atom. The number of nitriles is 1. The lowest BCUT2D eigenvalue weighted by Gasteiger charge is -2.07. The molecule has 0 aromatic heterocycles. The maximum absolute atomic E-state index is 11.1. The Morgan fingerprint density at radius 3 is 2.78 bits per heavy atom. The molecule has 0 atom stereocenters. The number of rotatable bonds is 5. The molecule has 0 aliphatic rings. The van der Waals surface area contributed by atoms with Gasteiger partial charge in [0, 0.05) is 5.56 Å². The van der Waals surface area contributed by atoms with E-state index in [1.54, 1.807) is 7.05 Å². The zero-order valence-corrected chi connectivity index (χ0v) is 9.77. The summed E-state index contributed by atoms with van der Waals surface area (Å²) in [7, 11) is 1.60. The van der Waals surface area contributed by atoms with Crippen molar-refractivity contribution in [2.24, 2.45) is 0 Å². The molecular weight excluding hydrogens is 236 g/mol. The Kier molecular flexibility index (Phi) is 4.84. The van der Waals surface area contributed by atoms with Crippen LogP contribution in [0.1, 0.15) is 21.5 Å². The highest BCUT2D eigenvalue weighted by Gasteiger charge is 2.12. The average molecular weight is 248 g/mol. The summed E-state index contributed by atoms with van der Waals surface area (Å²) in [5, 5.41) is 20.3. The maximum Gasteiger partial charge on any atom is 0.336 e. The van der Waals surface area contributed by atoms with Crippen LogP contribution in [0.4, 0.5) is 0 Å². The molecular formula is C12H12N2O4. The molecule has 0 saturated carbocycles. The number of nitrogens with one attached hydrogen (secondary N) is 1. The van der Waals surface area contributed by atoms with Crippen molar-refractivity contribution >= 4 is 11.9 Å². The predicted molar refractivity (Wildman–Crippen MR) is 61.8 cm³/mol. The minimum Gasteiger partial charge on any atom is -0.478 e. The number of likely N-dealkylation sites (N-methyl/N-ethyl adjacent to an activating group) is 1. The Hall–Kier alpha value is -2.39. The van der Waals surface area contributed by atoms with E-state index in [1.807, 2.05) is 6.07 Å². The zero-order chi connectivity index (χ0) is 13.5. The summed E-state index contributed by atoms with van der Waals surface area (Å²) >= 11 is 0. The van der Waals surface area contributed by atoms with Crippen LogP contribution in [0.5, 0.6) is 0 Å². The van der Waals surface area contributed by atoms with Crippen LogP contribution in [0.2, 0.25) is 0 Å². The molecule has 1 aromatic rings. The summed E-state index contributed by atoms with van der Waals surface area (Å²) in [6.07, 6.45) is 0. The lowest BCUT2D eigenvalue weighted by atomic mass is 10.1. The molecule has 2 N–H and O–H groups in total. The molecule has 0 unspecified atom stereocenters. The van der Waals surface area contributed by atoms with Crippen LogP contribution in [0.3, 0.4) is 0 Å². The maximum atomic E-state index is 11.1. The second-order valence-electron chi connectivity index (χ2n) is 3.48. The molecule has 0 bridgehead atoms. The Morgan fingerprint density at radius 2 is 2.22 bits per heavy atom. The van der Waals surface area contributed by atoms with E-state index in [9.17, 15) is 9.59 Å². The second kappa shape index (κ2) is 6.37. The molecule has 94 valence electrons. The van der Waals surface area contributed by atoms with Crippen molar-refractivity contribution in [2.75, 3.05) is 13.6 Å². The Bertz CT molecular complexity index is 505. The molecule has 6 heteroatoms. The van der Waals surface area contributed by atoms with Gasteiger partial charge in [0.15, 0.2) is 0 Å². The number of carboxylic acids is 1. The fourth-order valence-corrected chi connectivity index (χ4v) is 1.32. The van der Waals surface area contributed by atoms with Crippen molar-refractivity contribution in [1.82, 2.24) is 5.32 Å². The first kappa shape index (κ1) is 13.7. The molecule has 0 aliphatic carbocycles. The average Bonchev–Trinajstić information content (AvgIpc) is 2.36. The summed E-state index contributed by atoms with van der Waals surface area (Å²) in [6.45, 7) is -0.0768. The van der Waals surface area contributed by atoms with E-state index in [-0.39, 0.29) is 24.3 Å². The van der Waals surface area contributed by atoms with Gasteiger partial charge in [-0.2, -0.15) is 5.26 Å². The monoisotopic (exact) mass is 248 g/mol. The van der Waals surface area contributed by atoms with Crippen molar-refractivity contribution in [3.63, 3.8) is 0 Å². The van der Waals surface area contributed by atoms with Crippen molar-refractivity contribution in [3.8, 4) is 6.07 Å². The standard InChI is InChI=1S/C12H12N2O4/c1-14-6-11(15)18-7-9-3-2-8(5-13)4-10(9)12(16)17/h2-4,14H,6-7H2,1H3,(H,16,17). The summed E-state index contributed by atoms with van der Waals surface area (Å²) in [6, 6.07) is 6.05. The van der Waals surface area contributed by atoms with Gasteiger partial charge in [0.05, 0.1) is 23.7 Å². The number of benzene rings is 1. The molecule has 0 aliphatic heterocycles. The van der Waals surface area contributed by atoms with Crippen LogP contribution in [0, 0.1) is 11.3 Å². The predicted octanol–water partition coefficient (Wildman–Crippen LogP) is 0.519. The van der Waals surface area contributed by atoms with Gasteiger partial charge >= 0.3 is 11.9 Å². The number of hydrogen-bond donors (Lipinski definition) is 2. The fraction of sp³-hybridized carbons (Fsp3) is 0.250. The van der Waals surface area contributed by atoms with E-state index in [4.69, 9.17) is 15.1 Å². The van der Waals surface area contributed by atoms with Crippen molar-refractivity contribution in [1.29, 1.82) is 5.26 Å². The van der Waals surface area contributed by atoms with Gasteiger partial charge < -0.3 is 15.2 Å². The van der Waals surface area contributed by atoms with E-state index in [2.05, 4.69) is 5.32 Å². The van der Waals surface area contributed by atoms with Gasteiger partial charge in [0.25, 0.3) is 0 Å². The second-order valence-corrected chi connectivity index (χ2v) is 3.48. The van der Waals surface area contributed by atoms with E-state index in [0.29, 0.717) is 5.56 Å². The number of carbonyl (C=O) groups excluding carboxylic acids is 1. The number of carbonyl (C=O) groups is 2. The smallest absolute Gasteiger partial charge is 0.336 e. The zero-order valence-electron chi connectivity index (χ0n) is 9.77. The molecule has 18 heavy (non-hydrogen) atoms. The highest BCUT2D eigenvalue weighted by molar-refractivity contribution is 5.90. The quantitative estimate of drug-likeness (QED) is 0.737. The molecule has 0 heterocycles. The molecule has 6 nitrogen and oxygen atoms in total. The summed E-state index contributed by atoms with van der Waals surface area (Å²) in [5.41, 5.74) is 0.565. The van der Waals surface area contributed by atoms with Crippen LogP contribution in [0.15, 0.2) is 18.2 Å². The topological polar surface area (TPSA) is 99.4 Å². The molecule has 0 radical (unpaired) electrons. The molecule has 0 spiro atoms. The van der Waals surface area contributed by atoms with Gasteiger partial charge in [-0.1, -0.05) is 6.07 Å². The number of hydrogen-bond acceptors (Lipinski definition) is 5. The number of ether oxygens (including phenoxy) is 1. The third-order valence-corrected chi connectivity index (χ3v) is 2.18. The Balaban J connectivity index is 2.86. The third-order valence-electron chi connectivity index (χ3n) is 2.18. The number of carboxylic acid groups (broad SMARTS) is 1. The van der Waals surface area contributed by atoms with Crippen molar-refractivity contribution in [3.05, 3.63) is 34.9 Å². The normalized spacial score (nSPS) is 9.56. The highest BCUT2D eigenvalue weighted by Crippen LogP contribution is 2.13. The molecule has 0 saturated heterocycles. The molecule has 0 fully saturated rings. The number of esters is 1. The van der Waals surface area contributed by atoms with Crippen molar-refractivity contribution < 1.29 is 19.4 Å². The highest BCUT2D eigenvalue weighted by atomic mass is 16.5. The molecule has 0 amide bonds. The summed E-state index contributed by atoms with van der Waals surface area (Å²) in [5.74, 6) is -1.63. The van der Waals surface area contributed by atoms with Crippen LogP contribution in [-0.2, 0) is 16.1 Å². The lowest BCUT2D eigenvalue weighted by molar-refractivity contribution is -0.143. The molecule has 1 aromatic carbocycles.